The molecule has 1 aliphatic rings. The molecule has 0 spiro atoms. The number of carbonyl (C=O) groups excluding carboxylic acids is 1. The smallest absolute Gasteiger partial charge is 0.274 e. The molecule has 0 aromatic rings. The van der Waals surface area contributed by atoms with Crippen LogP contribution in [0.1, 0.15) is 27.2 Å². The van der Waals surface area contributed by atoms with E-state index in [0.717, 1.165) is 0 Å². The lowest BCUT2D eigenvalue weighted by molar-refractivity contribution is -0.131. The van der Waals surface area contributed by atoms with E-state index in [1.165, 1.54) is 4.90 Å². The molecule has 70 valence electrons. The van der Waals surface area contributed by atoms with E-state index in [1.54, 1.807) is 20.8 Å². The first-order chi connectivity index (χ1) is 5.22. The highest BCUT2D eigenvalue weighted by atomic mass is 19.3. The summed E-state index contributed by atoms with van der Waals surface area (Å²) in [6, 6.07) is 0. The van der Waals surface area contributed by atoms with Gasteiger partial charge in [0.2, 0.25) is 5.91 Å². The van der Waals surface area contributed by atoms with Gasteiger partial charge >= 0.3 is 0 Å². The van der Waals surface area contributed by atoms with Crippen molar-refractivity contribution in [3.63, 3.8) is 0 Å². The molecule has 2 nitrogen and oxygen atoms in total. The first-order valence-corrected chi connectivity index (χ1v) is 3.91. The normalized spacial score (nSPS) is 23.4. The number of nitrogens with zero attached hydrogens (tertiary/aromatic N) is 1. The molecule has 0 aromatic carbocycles. The summed E-state index contributed by atoms with van der Waals surface area (Å²) in [6.07, 6.45) is -0.635. The molecule has 12 heavy (non-hydrogen) atoms. The maximum atomic E-state index is 12.7. The molecule has 0 aliphatic carbocycles. The summed E-state index contributed by atoms with van der Waals surface area (Å²) >= 11 is 0. The Morgan fingerprint density at radius 1 is 1.42 bits per heavy atom. The highest BCUT2D eigenvalue weighted by molar-refractivity contribution is 5.80. The van der Waals surface area contributed by atoms with Gasteiger partial charge in [-0.1, -0.05) is 0 Å². The van der Waals surface area contributed by atoms with Crippen LogP contribution < -0.4 is 0 Å². The second-order valence-corrected chi connectivity index (χ2v) is 4.18. The minimum Gasteiger partial charge on any atom is -0.332 e. The van der Waals surface area contributed by atoms with Crippen molar-refractivity contribution < 1.29 is 13.6 Å². The summed E-state index contributed by atoms with van der Waals surface area (Å²) in [5.74, 6) is -3.28. The van der Waals surface area contributed by atoms with Crippen molar-refractivity contribution in [1.29, 1.82) is 0 Å². The Morgan fingerprint density at radius 3 is 2.08 bits per heavy atom. The summed E-state index contributed by atoms with van der Waals surface area (Å²) in [5.41, 5.74) is -0.489. The molecule has 0 bridgehead atoms. The fourth-order valence-corrected chi connectivity index (χ4v) is 1.30. The number of hydrogen-bond donors (Lipinski definition) is 0. The second kappa shape index (κ2) is 2.41. The molecule has 0 unspecified atom stereocenters. The van der Waals surface area contributed by atoms with E-state index in [0.29, 0.717) is 0 Å². The van der Waals surface area contributed by atoms with Crippen molar-refractivity contribution in [3.05, 3.63) is 0 Å². The van der Waals surface area contributed by atoms with Crippen molar-refractivity contribution in [2.24, 2.45) is 0 Å². The van der Waals surface area contributed by atoms with Gasteiger partial charge in [0, 0.05) is 5.54 Å². The maximum absolute atomic E-state index is 12.7. The average Bonchev–Trinajstić information content (AvgIpc) is 2.03. The zero-order valence-electron chi connectivity index (χ0n) is 7.53. The van der Waals surface area contributed by atoms with Crippen molar-refractivity contribution in [2.45, 2.75) is 38.7 Å². The van der Waals surface area contributed by atoms with Crippen LogP contribution in [0.2, 0.25) is 0 Å². The van der Waals surface area contributed by atoms with Gasteiger partial charge in [-0.3, -0.25) is 4.79 Å². The zero-order valence-corrected chi connectivity index (χ0v) is 7.53. The van der Waals surface area contributed by atoms with Gasteiger partial charge in [0.1, 0.15) is 0 Å². The van der Waals surface area contributed by atoms with Crippen LogP contribution in [-0.4, -0.2) is 28.8 Å². The van der Waals surface area contributed by atoms with Crippen molar-refractivity contribution in [2.75, 3.05) is 6.54 Å². The van der Waals surface area contributed by atoms with E-state index in [4.69, 9.17) is 0 Å². The second-order valence-electron chi connectivity index (χ2n) is 4.18. The van der Waals surface area contributed by atoms with Crippen LogP contribution in [0.25, 0.3) is 0 Å². The van der Waals surface area contributed by atoms with Gasteiger partial charge in [-0.15, -0.1) is 0 Å². The Hall–Kier alpha value is -0.670. The van der Waals surface area contributed by atoms with Crippen molar-refractivity contribution >= 4 is 5.91 Å². The summed E-state index contributed by atoms with van der Waals surface area (Å²) in [4.78, 5) is 12.3. The summed E-state index contributed by atoms with van der Waals surface area (Å²) < 4.78 is 25.4. The molecule has 0 aromatic heterocycles. The molecule has 1 fully saturated rings. The number of likely N-dealkylation sites (tertiary alicyclic amines) is 1. The molecule has 4 heteroatoms. The van der Waals surface area contributed by atoms with Gasteiger partial charge in [-0.05, 0) is 20.8 Å². The molecule has 1 amide bonds. The van der Waals surface area contributed by atoms with Crippen LogP contribution in [0.3, 0.4) is 0 Å². The number of carbonyl (C=O) groups is 1. The number of rotatable bonds is 0. The van der Waals surface area contributed by atoms with E-state index in [9.17, 15) is 13.6 Å². The van der Waals surface area contributed by atoms with E-state index >= 15 is 0 Å². The predicted octanol–water partition coefficient (Wildman–Crippen LogP) is 1.65. The topological polar surface area (TPSA) is 20.3 Å². The molecule has 0 N–H and O–H groups in total. The minimum absolute atomic E-state index is 0.435. The van der Waals surface area contributed by atoms with Crippen LogP contribution in [0.15, 0.2) is 0 Å². The molecule has 1 heterocycles. The van der Waals surface area contributed by atoms with E-state index in [2.05, 4.69) is 0 Å². The molecular formula is C8H13F2NO. The lowest BCUT2D eigenvalue weighted by Crippen LogP contribution is -2.43. The summed E-state index contributed by atoms with van der Waals surface area (Å²) in [7, 11) is 0. The molecule has 0 saturated carbocycles. The Bertz CT molecular complexity index is 208. The minimum atomic E-state index is -2.83. The van der Waals surface area contributed by atoms with Gasteiger partial charge < -0.3 is 4.90 Å². The lowest BCUT2D eigenvalue weighted by Gasteiger charge is -2.31. The largest absolute Gasteiger partial charge is 0.332 e. The van der Waals surface area contributed by atoms with Crippen LogP contribution in [-0.2, 0) is 4.79 Å². The predicted molar refractivity (Wildman–Crippen MR) is 41.0 cm³/mol. The molecule has 0 radical (unpaired) electrons. The number of alkyl halides is 2. The van der Waals surface area contributed by atoms with Crippen molar-refractivity contribution in [3.8, 4) is 0 Å². The third kappa shape index (κ3) is 1.73. The fraction of sp³-hybridized carbons (Fsp3) is 0.875. The molecule has 1 rings (SSSR count). The Morgan fingerprint density at radius 2 is 1.92 bits per heavy atom. The van der Waals surface area contributed by atoms with Crippen LogP contribution in [0.5, 0.6) is 0 Å². The zero-order chi connectivity index (χ0) is 9.57. The molecular weight excluding hydrogens is 164 g/mol. The standard InChI is InChI=1S/C8H13F2NO/c1-7(2,3)11-5-8(9,10)4-6(11)12/h4-5H2,1-3H3. The van der Waals surface area contributed by atoms with E-state index in [1.807, 2.05) is 0 Å². The maximum Gasteiger partial charge on any atom is 0.274 e. The lowest BCUT2D eigenvalue weighted by atomic mass is 10.1. The van der Waals surface area contributed by atoms with Gasteiger partial charge in [0.15, 0.2) is 0 Å². The van der Waals surface area contributed by atoms with E-state index in [-0.39, 0.29) is 0 Å². The Labute approximate surface area is 70.5 Å². The Balaban J connectivity index is 2.78. The first-order valence-electron chi connectivity index (χ1n) is 3.91. The number of halogens is 2. The molecule has 1 aliphatic heterocycles. The van der Waals surface area contributed by atoms with Gasteiger partial charge in [-0.2, -0.15) is 0 Å². The number of amides is 1. The van der Waals surface area contributed by atoms with Crippen LogP contribution in [0.4, 0.5) is 8.78 Å². The fourth-order valence-electron chi connectivity index (χ4n) is 1.30. The van der Waals surface area contributed by atoms with Crippen molar-refractivity contribution in [1.82, 2.24) is 4.90 Å². The summed E-state index contributed by atoms with van der Waals surface area (Å²) in [6.45, 7) is 4.83. The van der Waals surface area contributed by atoms with Gasteiger partial charge in [-0.25, -0.2) is 8.78 Å². The Kier molecular flexibility index (Phi) is 1.89. The first kappa shape index (κ1) is 9.42. The molecule has 0 atom stereocenters. The SMILES string of the molecule is CC(C)(C)N1CC(F)(F)CC1=O. The molecule has 1 saturated heterocycles. The quantitative estimate of drug-likeness (QED) is 0.551. The summed E-state index contributed by atoms with van der Waals surface area (Å²) in [5, 5.41) is 0. The van der Waals surface area contributed by atoms with Gasteiger partial charge in [0.05, 0.1) is 13.0 Å². The number of hydrogen-bond acceptors (Lipinski definition) is 1. The third-order valence-electron chi connectivity index (χ3n) is 1.91. The van der Waals surface area contributed by atoms with Crippen LogP contribution in [0, 0.1) is 0 Å². The van der Waals surface area contributed by atoms with Crippen LogP contribution >= 0.6 is 0 Å². The van der Waals surface area contributed by atoms with Gasteiger partial charge in [0.25, 0.3) is 5.92 Å². The highest BCUT2D eigenvalue weighted by Crippen LogP contribution is 2.32. The highest BCUT2D eigenvalue weighted by Gasteiger charge is 2.47. The monoisotopic (exact) mass is 177 g/mol. The average molecular weight is 177 g/mol. The van der Waals surface area contributed by atoms with E-state index < -0.39 is 30.3 Å². The third-order valence-corrected chi connectivity index (χ3v) is 1.91.